The highest BCUT2D eigenvalue weighted by Crippen LogP contribution is 2.41. The van der Waals surface area contributed by atoms with Crippen molar-refractivity contribution in [2.75, 3.05) is 0 Å². The first-order valence-corrected chi connectivity index (χ1v) is 7.85. The summed E-state index contributed by atoms with van der Waals surface area (Å²) in [6.45, 7) is 3.28. The smallest absolute Gasteiger partial charge is 0.270 e. The van der Waals surface area contributed by atoms with Crippen molar-refractivity contribution in [3.8, 4) is 6.07 Å². The van der Waals surface area contributed by atoms with Crippen LogP contribution in [0.15, 0.2) is 42.6 Å². The Hall–Kier alpha value is -3.04. The molecule has 0 spiro atoms. The number of aliphatic hydroxyl groups is 1. The molecule has 0 unspecified atom stereocenters. The van der Waals surface area contributed by atoms with Gasteiger partial charge in [-0.1, -0.05) is 6.07 Å². The first-order chi connectivity index (χ1) is 11.9. The molecule has 25 heavy (non-hydrogen) atoms. The highest BCUT2D eigenvalue weighted by Gasteiger charge is 2.47. The number of hydrogen-bond donors (Lipinski definition) is 2. The van der Waals surface area contributed by atoms with Crippen LogP contribution < -0.4 is 5.32 Å². The second-order valence-electron chi connectivity index (χ2n) is 6.58. The van der Waals surface area contributed by atoms with Crippen molar-refractivity contribution in [3.63, 3.8) is 0 Å². The number of carbonyl (C=O) groups excluding carboxylic acids is 2. The predicted molar refractivity (Wildman–Crippen MR) is 89.7 cm³/mol. The van der Waals surface area contributed by atoms with Gasteiger partial charge in [0.05, 0.1) is 29.2 Å². The van der Waals surface area contributed by atoms with Crippen LogP contribution in [0, 0.1) is 16.7 Å². The van der Waals surface area contributed by atoms with Gasteiger partial charge in [0.25, 0.3) is 5.91 Å². The van der Waals surface area contributed by atoms with Crippen molar-refractivity contribution in [1.29, 1.82) is 5.26 Å². The van der Waals surface area contributed by atoms with Crippen LogP contribution >= 0.6 is 0 Å². The van der Waals surface area contributed by atoms with Crippen molar-refractivity contribution < 1.29 is 14.7 Å². The van der Waals surface area contributed by atoms with E-state index in [9.17, 15) is 14.7 Å². The lowest BCUT2D eigenvalue weighted by Gasteiger charge is -2.40. The fourth-order valence-electron chi connectivity index (χ4n) is 3.03. The molecule has 0 saturated carbocycles. The van der Waals surface area contributed by atoms with Crippen molar-refractivity contribution in [2.24, 2.45) is 5.41 Å². The average Bonchev–Trinajstić information content (AvgIpc) is 2.64. The Labute approximate surface area is 145 Å². The van der Waals surface area contributed by atoms with E-state index >= 15 is 0 Å². The number of benzene rings is 1. The molecule has 3 rings (SSSR count). The third-order valence-corrected chi connectivity index (χ3v) is 4.58. The molecule has 126 valence electrons. The topological polar surface area (TPSA) is 103 Å². The molecule has 0 saturated heterocycles. The molecule has 1 amide bonds. The lowest BCUT2D eigenvalue weighted by molar-refractivity contribution is 0.0128. The van der Waals surface area contributed by atoms with Crippen molar-refractivity contribution in [1.82, 2.24) is 10.3 Å². The number of ketones is 1. The first kappa shape index (κ1) is 16.8. The third kappa shape index (κ3) is 2.79. The zero-order valence-corrected chi connectivity index (χ0v) is 13.9. The Bertz CT molecular complexity index is 885. The molecule has 6 nitrogen and oxygen atoms in total. The molecule has 0 fully saturated rings. The van der Waals surface area contributed by atoms with E-state index in [4.69, 9.17) is 5.26 Å². The zero-order chi connectivity index (χ0) is 18.2. The quantitative estimate of drug-likeness (QED) is 0.874. The molecule has 1 heterocycles. The Morgan fingerprint density at radius 3 is 2.72 bits per heavy atom. The largest absolute Gasteiger partial charge is 0.390 e. The van der Waals surface area contributed by atoms with E-state index < -0.39 is 23.5 Å². The van der Waals surface area contributed by atoms with E-state index in [1.165, 1.54) is 12.3 Å². The Kier molecular flexibility index (Phi) is 4.11. The molecule has 2 N–H and O–H groups in total. The summed E-state index contributed by atoms with van der Waals surface area (Å²) in [7, 11) is 0. The van der Waals surface area contributed by atoms with Gasteiger partial charge in [0.15, 0.2) is 5.78 Å². The van der Waals surface area contributed by atoms with Crippen LogP contribution in [0.2, 0.25) is 0 Å². The zero-order valence-electron chi connectivity index (χ0n) is 13.9. The lowest BCUT2D eigenvalue weighted by Crippen LogP contribution is -2.51. The van der Waals surface area contributed by atoms with E-state index in [-0.39, 0.29) is 11.5 Å². The normalized spacial score (nSPS) is 21.1. The molecule has 2 aromatic rings. The van der Waals surface area contributed by atoms with Gasteiger partial charge < -0.3 is 10.4 Å². The van der Waals surface area contributed by atoms with Crippen LogP contribution in [0.1, 0.15) is 51.9 Å². The molecular formula is C19H17N3O3. The number of fused-ring (bicyclic) bond motifs is 1. The van der Waals surface area contributed by atoms with Gasteiger partial charge in [-0.3, -0.25) is 14.6 Å². The molecule has 1 aromatic heterocycles. The van der Waals surface area contributed by atoms with Gasteiger partial charge in [-0.15, -0.1) is 0 Å². The maximum Gasteiger partial charge on any atom is 0.270 e. The number of pyridine rings is 1. The number of nitrogens with zero attached hydrogens (tertiary/aromatic N) is 2. The fraction of sp³-hybridized carbons (Fsp3) is 0.263. The van der Waals surface area contributed by atoms with Crippen molar-refractivity contribution in [3.05, 3.63) is 65.0 Å². The summed E-state index contributed by atoms with van der Waals surface area (Å²) >= 11 is 0. The van der Waals surface area contributed by atoms with Crippen LogP contribution in [-0.2, 0) is 0 Å². The summed E-state index contributed by atoms with van der Waals surface area (Å²) in [4.78, 5) is 29.2. The molecule has 0 aliphatic heterocycles. The number of hydrogen-bond acceptors (Lipinski definition) is 5. The van der Waals surface area contributed by atoms with E-state index in [1.54, 1.807) is 44.2 Å². The van der Waals surface area contributed by atoms with E-state index in [2.05, 4.69) is 10.3 Å². The molecule has 1 aliphatic carbocycles. The number of carbonyl (C=O) groups is 2. The van der Waals surface area contributed by atoms with Gasteiger partial charge in [0, 0.05) is 11.8 Å². The molecular weight excluding hydrogens is 318 g/mol. The van der Waals surface area contributed by atoms with Gasteiger partial charge in [-0.2, -0.15) is 5.26 Å². The molecule has 1 aliphatic rings. The standard InChI is InChI=1S/C19H17N3O3/c1-19(2)16(23)12-7-6-11(10-20)9-13(12)15(17(19)24)22-18(25)14-5-3-4-8-21-14/h3-9,15,17,24H,1-2H3,(H,22,25)/t15-,17+/m0/s1. The number of nitriles is 1. The van der Waals surface area contributed by atoms with E-state index in [0.717, 1.165) is 0 Å². The Morgan fingerprint density at radius 1 is 1.32 bits per heavy atom. The van der Waals surface area contributed by atoms with E-state index in [0.29, 0.717) is 16.7 Å². The monoisotopic (exact) mass is 335 g/mol. The summed E-state index contributed by atoms with van der Waals surface area (Å²) in [6, 6.07) is 10.8. The summed E-state index contributed by atoms with van der Waals surface area (Å²) in [5.74, 6) is -0.675. The maximum atomic E-state index is 12.7. The number of aliphatic hydroxyl groups excluding tert-OH is 1. The summed E-state index contributed by atoms with van der Waals surface area (Å²) in [6.07, 6.45) is 0.371. The molecule has 1 aromatic carbocycles. The summed E-state index contributed by atoms with van der Waals surface area (Å²) in [5, 5.41) is 22.6. The van der Waals surface area contributed by atoms with Crippen LogP contribution in [0.25, 0.3) is 0 Å². The second kappa shape index (κ2) is 6.11. The second-order valence-corrected chi connectivity index (χ2v) is 6.58. The van der Waals surface area contributed by atoms with Gasteiger partial charge in [0.2, 0.25) is 0 Å². The van der Waals surface area contributed by atoms with Gasteiger partial charge in [-0.05, 0) is 49.7 Å². The molecule has 6 heteroatoms. The minimum absolute atomic E-state index is 0.211. The third-order valence-electron chi connectivity index (χ3n) is 4.58. The maximum absolute atomic E-state index is 12.7. The van der Waals surface area contributed by atoms with Gasteiger partial charge >= 0.3 is 0 Å². The Morgan fingerprint density at radius 2 is 2.08 bits per heavy atom. The molecule has 0 radical (unpaired) electrons. The summed E-state index contributed by atoms with van der Waals surface area (Å²) in [5.41, 5.74) is 0.349. The van der Waals surface area contributed by atoms with Crippen LogP contribution in [0.3, 0.4) is 0 Å². The van der Waals surface area contributed by atoms with Crippen LogP contribution in [0.4, 0.5) is 0 Å². The molecule has 2 atom stereocenters. The van der Waals surface area contributed by atoms with Crippen molar-refractivity contribution >= 4 is 11.7 Å². The van der Waals surface area contributed by atoms with Gasteiger partial charge in [0.1, 0.15) is 5.69 Å². The number of Topliss-reactive ketones (excluding diaryl/α,β-unsaturated/α-hetero) is 1. The number of rotatable bonds is 2. The van der Waals surface area contributed by atoms with Crippen LogP contribution in [0.5, 0.6) is 0 Å². The van der Waals surface area contributed by atoms with Crippen molar-refractivity contribution in [2.45, 2.75) is 26.0 Å². The highest BCUT2D eigenvalue weighted by molar-refractivity contribution is 6.04. The minimum Gasteiger partial charge on any atom is -0.390 e. The van der Waals surface area contributed by atoms with Crippen LogP contribution in [-0.4, -0.2) is 27.9 Å². The lowest BCUT2D eigenvalue weighted by atomic mass is 9.68. The van der Waals surface area contributed by atoms with E-state index in [1.807, 2.05) is 6.07 Å². The number of aromatic nitrogens is 1. The SMILES string of the molecule is CC1(C)C(=O)c2ccc(C#N)cc2[C@H](NC(=O)c2ccccn2)[C@H]1O. The van der Waals surface area contributed by atoms with Gasteiger partial charge in [-0.25, -0.2) is 0 Å². The Balaban J connectivity index is 2.06. The first-order valence-electron chi connectivity index (χ1n) is 7.85. The minimum atomic E-state index is -1.13. The number of amides is 1. The predicted octanol–water partition coefficient (Wildman–Crippen LogP) is 2.01. The fourth-order valence-corrected chi connectivity index (χ4v) is 3.03. The molecule has 0 bridgehead atoms. The summed E-state index contributed by atoms with van der Waals surface area (Å²) < 4.78 is 0. The average molecular weight is 335 g/mol. The highest BCUT2D eigenvalue weighted by atomic mass is 16.3. The number of nitrogens with one attached hydrogen (secondary N) is 1.